The zero-order valence-electron chi connectivity index (χ0n) is 8.98. The summed E-state index contributed by atoms with van der Waals surface area (Å²) in [6, 6.07) is 0. The molecular weight excluding hydrogens is 226 g/mol. The van der Waals surface area contributed by atoms with Crippen LogP contribution in [0.25, 0.3) is 10.8 Å². The highest BCUT2D eigenvalue weighted by Crippen LogP contribution is 2.21. The Kier molecular flexibility index (Phi) is 3.00. The normalized spacial score (nSPS) is 10.4. The van der Waals surface area contributed by atoms with E-state index < -0.39 is 5.97 Å². The fourth-order valence-electron chi connectivity index (χ4n) is 1.20. The van der Waals surface area contributed by atoms with Crippen molar-refractivity contribution in [2.75, 3.05) is 6.61 Å². The molecule has 1 N–H and O–H groups in total. The van der Waals surface area contributed by atoms with Gasteiger partial charge in [-0.1, -0.05) is 0 Å². The van der Waals surface area contributed by atoms with Crippen LogP contribution in [0.2, 0.25) is 0 Å². The third kappa shape index (κ3) is 2.11. The first-order valence-corrected chi connectivity index (χ1v) is 5.73. The van der Waals surface area contributed by atoms with Gasteiger partial charge in [0.25, 0.3) is 0 Å². The zero-order valence-corrected chi connectivity index (χ0v) is 9.80. The van der Waals surface area contributed by atoms with Gasteiger partial charge in [0.2, 0.25) is 0 Å². The number of aromatic nitrogens is 3. The van der Waals surface area contributed by atoms with E-state index in [0.29, 0.717) is 23.1 Å². The minimum atomic E-state index is -0.395. The van der Waals surface area contributed by atoms with E-state index in [-0.39, 0.29) is 0 Å². The number of aryl methyl sites for hydroxylation is 1. The third-order valence-electron chi connectivity index (χ3n) is 1.90. The molecule has 16 heavy (non-hydrogen) atoms. The second-order valence-electron chi connectivity index (χ2n) is 3.15. The van der Waals surface area contributed by atoms with E-state index >= 15 is 0 Å². The van der Waals surface area contributed by atoms with E-state index in [0.717, 1.165) is 5.69 Å². The fraction of sp³-hybridized carbons (Fsp3) is 0.300. The Bertz CT molecular complexity index is 504. The van der Waals surface area contributed by atoms with Crippen LogP contribution in [0.5, 0.6) is 0 Å². The molecule has 0 saturated heterocycles. The number of carbonyl (C=O) groups excluding carboxylic acids is 1. The van der Waals surface area contributed by atoms with Crippen LogP contribution in [0.15, 0.2) is 11.6 Å². The van der Waals surface area contributed by atoms with E-state index in [9.17, 15) is 4.79 Å². The monoisotopic (exact) mass is 237 g/mol. The van der Waals surface area contributed by atoms with Crippen LogP contribution in [0.4, 0.5) is 0 Å². The predicted molar refractivity (Wildman–Crippen MR) is 60.4 cm³/mol. The molecule has 0 amide bonds. The van der Waals surface area contributed by atoms with Gasteiger partial charge in [-0.05, 0) is 13.8 Å². The molecule has 0 radical (unpaired) electrons. The second kappa shape index (κ2) is 4.44. The lowest BCUT2D eigenvalue weighted by Crippen LogP contribution is -2.04. The number of carbonyl (C=O) groups is 1. The van der Waals surface area contributed by atoms with Crippen molar-refractivity contribution in [3.63, 3.8) is 0 Å². The molecule has 0 saturated carbocycles. The minimum absolute atomic E-state index is 0.330. The molecule has 0 aromatic carbocycles. The Morgan fingerprint density at radius 1 is 1.56 bits per heavy atom. The lowest BCUT2D eigenvalue weighted by molar-refractivity contribution is 0.0520. The summed E-state index contributed by atoms with van der Waals surface area (Å²) in [6.07, 6.45) is 1.79. The molecule has 0 aliphatic carbocycles. The number of hydrogen-bond acceptors (Lipinski definition) is 5. The smallest absolute Gasteiger partial charge is 0.357 e. The van der Waals surface area contributed by atoms with E-state index in [4.69, 9.17) is 4.74 Å². The van der Waals surface area contributed by atoms with Crippen LogP contribution < -0.4 is 0 Å². The van der Waals surface area contributed by atoms with Crippen LogP contribution in [0, 0.1) is 6.92 Å². The Morgan fingerprint density at radius 3 is 3.00 bits per heavy atom. The minimum Gasteiger partial charge on any atom is -0.461 e. The van der Waals surface area contributed by atoms with Gasteiger partial charge in [0, 0.05) is 11.6 Å². The number of thiazole rings is 1. The highest BCUT2D eigenvalue weighted by Gasteiger charge is 2.13. The quantitative estimate of drug-likeness (QED) is 0.829. The fourth-order valence-corrected chi connectivity index (χ4v) is 1.94. The molecule has 2 aromatic rings. The maximum atomic E-state index is 11.4. The first kappa shape index (κ1) is 10.8. The molecule has 0 bridgehead atoms. The topological polar surface area (TPSA) is 67.9 Å². The Morgan fingerprint density at radius 2 is 2.38 bits per heavy atom. The van der Waals surface area contributed by atoms with Crippen LogP contribution >= 0.6 is 11.3 Å². The summed E-state index contributed by atoms with van der Waals surface area (Å²) in [7, 11) is 0. The van der Waals surface area contributed by atoms with Crippen molar-refractivity contribution in [1.82, 2.24) is 15.0 Å². The van der Waals surface area contributed by atoms with Crippen molar-refractivity contribution in [2.45, 2.75) is 13.8 Å². The summed E-state index contributed by atoms with van der Waals surface area (Å²) in [5.74, 6) is 0.284. The second-order valence-corrected chi connectivity index (χ2v) is 4.01. The van der Waals surface area contributed by atoms with Gasteiger partial charge in [0.15, 0.2) is 16.5 Å². The maximum Gasteiger partial charge on any atom is 0.357 e. The molecule has 84 valence electrons. The average Bonchev–Trinajstić information content (AvgIpc) is 2.85. The molecular formula is C10H11N3O2S. The zero-order chi connectivity index (χ0) is 11.5. The largest absolute Gasteiger partial charge is 0.461 e. The first-order valence-electron chi connectivity index (χ1n) is 4.85. The lowest BCUT2D eigenvalue weighted by Gasteiger charge is -1.95. The average molecular weight is 237 g/mol. The number of nitrogens with one attached hydrogen (secondary N) is 1. The SMILES string of the molecule is CCOC(=O)c1csc(-c2nc(C)c[nH]2)n1. The lowest BCUT2D eigenvalue weighted by atomic mass is 10.5. The number of ether oxygens (including phenoxy) is 1. The highest BCUT2D eigenvalue weighted by molar-refractivity contribution is 7.13. The number of esters is 1. The van der Waals surface area contributed by atoms with Crippen LogP contribution in [0.3, 0.4) is 0 Å². The third-order valence-corrected chi connectivity index (χ3v) is 2.75. The number of aromatic amines is 1. The summed E-state index contributed by atoms with van der Waals surface area (Å²) >= 11 is 1.36. The van der Waals surface area contributed by atoms with Gasteiger partial charge in [0.1, 0.15) is 0 Å². The number of hydrogen-bond donors (Lipinski definition) is 1. The summed E-state index contributed by atoms with van der Waals surface area (Å²) in [4.78, 5) is 22.8. The summed E-state index contributed by atoms with van der Waals surface area (Å²) in [5, 5.41) is 2.36. The number of rotatable bonds is 3. The highest BCUT2D eigenvalue weighted by atomic mass is 32.1. The molecule has 2 heterocycles. The van der Waals surface area contributed by atoms with Crippen molar-refractivity contribution in [2.24, 2.45) is 0 Å². The summed E-state index contributed by atoms with van der Waals surface area (Å²) in [5.41, 5.74) is 1.22. The molecule has 2 aromatic heterocycles. The van der Waals surface area contributed by atoms with Crippen molar-refractivity contribution in [3.8, 4) is 10.8 Å². The molecule has 2 rings (SSSR count). The van der Waals surface area contributed by atoms with Crippen molar-refractivity contribution >= 4 is 17.3 Å². The maximum absolute atomic E-state index is 11.4. The molecule has 6 heteroatoms. The Balaban J connectivity index is 2.22. The van der Waals surface area contributed by atoms with E-state index in [1.54, 1.807) is 18.5 Å². The molecule has 0 aliphatic heterocycles. The number of H-pyrrole nitrogens is 1. The van der Waals surface area contributed by atoms with E-state index in [1.165, 1.54) is 11.3 Å². The van der Waals surface area contributed by atoms with Crippen molar-refractivity contribution in [1.29, 1.82) is 0 Å². The number of imidazole rings is 1. The molecule has 0 fully saturated rings. The van der Waals surface area contributed by atoms with Crippen molar-refractivity contribution in [3.05, 3.63) is 23.0 Å². The Labute approximate surface area is 96.5 Å². The van der Waals surface area contributed by atoms with Crippen LogP contribution in [-0.2, 0) is 4.74 Å². The van der Waals surface area contributed by atoms with Gasteiger partial charge in [-0.3, -0.25) is 0 Å². The van der Waals surface area contributed by atoms with Gasteiger partial charge in [0.05, 0.1) is 12.3 Å². The molecule has 0 atom stereocenters. The van der Waals surface area contributed by atoms with Gasteiger partial charge < -0.3 is 9.72 Å². The van der Waals surface area contributed by atoms with Crippen LogP contribution in [-0.4, -0.2) is 27.5 Å². The molecule has 5 nitrogen and oxygen atoms in total. The van der Waals surface area contributed by atoms with E-state index in [1.807, 2.05) is 6.92 Å². The first-order chi connectivity index (χ1) is 7.70. The molecule has 0 spiro atoms. The summed E-state index contributed by atoms with van der Waals surface area (Å²) in [6.45, 7) is 4.01. The predicted octanol–water partition coefficient (Wildman–Crippen LogP) is 2.02. The molecule has 0 aliphatic rings. The number of nitrogens with zero attached hydrogens (tertiary/aromatic N) is 2. The summed E-state index contributed by atoms with van der Waals surface area (Å²) < 4.78 is 4.86. The van der Waals surface area contributed by atoms with E-state index in [2.05, 4.69) is 15.0 Å². The van der Waals surface area contributed by atoms with Gasteiger partial charge in [-0.25, -0.2) is 14.8 Å². The van der Waals surface area contributed by atoms with Crippen molar-refractivity contribution < 1.29 is 9.53 Å². The van der Waals surface area contributed by atoms with Gasteiger partial charge in [-0.2, -0.15) is 0 Å². The van der Waals surface area contributed by atoms with Gasteiger partial charge >= 0.3 is 5.97 Å². The standard InChI is InChI=1S/C10H11N3O2S/c1-3-15-10(14)7-5-16-9(13-7)8-11-4-6(2)12-8/h4-5H,3H2,1-2H3,(H,11,12). The van der Waals surface area contributed by atoms with Crippen LogP contribution in [0.1, 0.15) is 23.1 Å². The van der Waals surface area contributed by atoms with Gasteiger partial charge in [-0.15, -0.1) is 11.3 Å². The molecule has 0 unspecified atom stereocenters. The Hall–Kier alpha value is -1.69.